The molecule has 1 aliphatic rings. The van der Waals surface area contributed by atoms with E-state index in [1.807, 2.05) is 38.1 Å². The van der Waals surface area contributed by atoms with Crippen molar-refractivity contribution in [3.05, 3.63) is 63.9 Å². The topological polar surface area (TPSA) is 75.9 Å². The maximum absolute atomic E-state index is 13.3. The number of hydrogen-bond donors (Lipinski definition) is 1. The third-order valence-corrected chi connectivity index (χ3v) is 5.66. The summed E-state index contributed by atoms with van der Waals surface area (Å²) in [5, 5.41) is 11.4. The van der Waals surface area contributed by atoms with Crippen LogP contribution in [-0.2, 0) is 24.2 Å². The van der Waals surface area contributed by atoms with E-state index in [4.69, 9.17) is 11.6 Å². The molecule has 0 saturated carbocycles. The molecule has 1 atom stereocenters. The van der Waals surface area contributed by atoms with Crippen molar-refractivity contribution >= 4 is 42.4 Å². The van der Waals surface area contributed by atoms with Gasteiger partial charge in [0.2, 0.25) is 5.91 Å². The second-order valence-corrected chi connectivity index (χ2v) is 7.93. The minimum absolute atomic E-state index is 0. The number of nitrogens with one attached hydrogen (secondary N) is 1. The number of anilines is 2. The van der Waals surface area contributed by atoms with Gasteiger partial charge in [0.05, 0.1) is 34.3 Å². The lowest BCUT2D eigenvalue weighted by atomic mass is 10.1. The second kappa shape index (κ2) is 9.23. The molecule has 1 aliphatic heterocycles. The summed E-state index contributed by atoms with van der Waals surface area (Å²) in [4.78, 5) is 18.7. The lowest BCUT2D eigenvalue weighted by Crippen LogP contribution is -2.44. The van der Waals surface area contributed by atoms with Crippen molar-refractivity contribution in [2.75, 3.05) is 17.3 Å². The molecular formula is C21H24ClFN6OS. The summed E-state index contributed by atoms with van der Waals surface area (Å²) in [6.07, 6.45) is 3.25. The molecule has 0 saturated heterocycles. The lowest BCUT2D eigenvalue weighted by molar-refractivity contribution is -0.117. The highest BCUT2D eigenvalue weighted by molar-refractivity contribution is 7.59. The van der Waals surface area contributed by atoms with Crippen molar-refractivity contribution in [3.63, 3.8) is 0 Å². The summed E-state index contributed by atoms with van der Waals surface area (Å²) in [5.41, 5.74) is 5.17. The highest BCUT2D eigenvalue weighted by atomic mass is 35.5. The Labute approximate surface area is 192 Å². The number of aryl methyl sites for hydroxylation is 3. The molecular weight excluding hydrogens is 439 g/mol. The Morgan fingerprint density at radius 3 is 2.71 bits per heavy atom. The predicted octanol–water partition coefficient (Wildman–Crippen LogP) is 3.50. The molecule has 1 N–H and O–H groups in total. The van der Waals surface area contributed by atoms with Crippen molar-refractivity contribution in [1.82, 2.24) is 20.0 Å². The first-order valence-electron chi connectivity index (χ1n) is 9.69. The number of pyridine rings is 1. The molecule has 0 bridgehead atoms. The van der Waals surface area contributed by atoms with Gasteiger partial charge in [0.15, 0.2) is 0 Å². The maximum Gasteiger partial charge on any atom is 0.246 e. The number of likely N-dealkylation sites (N-methyl/N-ethyl adjacent to an activating group) is 1. The second-order valence-electron chi connectivity index (χ2n) is 7.53. The van der Waals surface area contributed by atoms with E-state index in [0.717, 1.165) is 34.0 Å². The minimum Gasteiger partial charge on any atom is -0.361 e. The van der Waals surface area contributed by atoms with Crippen LogP contribution in [0.2, 0.25) is 5.02 Å². The molecule has 0 aliphatic carbocycles. The number of hydrogen-bond acceptors (Lipinski definition) is 5. The Bertz CT molecular complexity index is 1120. The molecule has 0 radical (unpaired) electrons. The van der Waals surface area contributed by atoms with Crippen LogP contribution in [0.15, 0.2) is 30.5 Å². The molecule has 1 amide bonds. The van der Waals surface area contributed by atoms with E-state index in [-0.39, 0.29) is 30.5 Å². The summed E-state index contributed by atoms with van der Waals surface area (Å²) in [5.74, 6) is -0.464. The van der Waals surface area contributed by atoms with Crippen LogP contribution in [0.4, 0.5) is 15.8 Å². The van der Waals surface area contributed by atoms with Crippen LogP contribution >= 0.6 is 25.1 Å². The number of halogens is 2. The number of amides is 1. The van der Waals surface area contributed by atoms with E-state index in [1.54, 1.807) is 16.8 Å². The highest BCUT2D eigenvalue weighted by Gasteiger charge is 2.28. The van der Waals surface area contributed by atoms with E-state index in [9.17, 15) is 9.18 Å². The number of rotatable bonds is 5. The Morgan fingerprint density at radius 1 is 1.23 bits per heavy atom. The Balaban J connectivity index is 0.00000272. The molecule has 7 nitrogen and oxygen atoms in total. The summed E-state index contributed by atoms with van der Waals surface area (Å²) < 4.78 is 15.0. The van der Waals surface area contributed by atoms with Gasteiger partial charge in [-0.3, -0.25) is 9.78 Å². The molecule has 3 heterocycles. The van der Waals surface area contributed by atoms with Crippen molar-refractivity contribution in [3.8, 4) is 0 Å². The van der Waals surface area contributed by atoms with E-state index in [2.05, 4.69) is 20.6 Å². The molecule has 0 fully saturated rings. The average Bonchev–Trinajstić information content (AvgIpc) is 3.16. The SMILES string of the molecule is Cc1nc(CCc2cn(Cc3ccc(F)c(Cl)c3)nn2)cc2c1NC(=O)[C@H](C)N2C.S. The van der Waals surface area contributed by atoms with Crippen LogP contribution in [0.3, 0.4) is 0 Å². The van der Waals surface area contributed by atoms with Gasteiger partial charge in [-0.1, -0.05) is 22.9 Å². The summed E-state index contributed by atoms with van der Waals surface area (Å²) in [6, 6.07) is 6.41. The van der Waals surface area contributed by atoms with Gasteiger partial charge < -0.3 is 10.2 Å². The fourth-order valence-corrected chi connectivity index (χ4v) is 3.71. The molecule has 0 spiro atoms. The van der Waals surface area contributed by atoms with E-state index >= 15 is 0 Å². The first-order chi connectivity index (χ1) is 14.3. The maximum atomic E-state index is 13.3. The van der Waals surface area contributed by atoms with Crippen LogP contribution in [0.1, 0.15) is 29.6 Å². The summed E-state index contributed by atoms with van der Waals surface area (Å²) in [7, 11) is 1.92. The summed E-state index contributed by atoms with van der Waals surface area (Å²) in [6.45, 7) is 4.24. The highest BCUT2D eigenvalue weighted by Crippen LogP contribution is 2.33. The van der Waals surface area contributed by atoms with Crippen LogP contribution in [0, 0.1) is 12.7 Å². The van der Waals surface area contributed by atoms with Crippen molar-refractivity contribution in [2.24, 2.45) is 0 Å². The van der Waals surface area contributed by atoms with Crippen molar-refractivity contribution < 1.29 is 9.18 Å². The molecule has 3 aromatic rings. The zero-order chi connectivity index (χ0) is 21.4. The van der Waals surface area contributed by atoms with Crippen LogP contribution < -0.4 is 10.2 Å². The third kappa shape index (κ3) is 4.83. The standard InChI is InChI=1S/C21H22ClFN6O.H2S/c1-12-20-19(28(3)13(2)21(30)25-20)9-15(24-12)5-6-16-11-29(27-26-16)10-14-4-7-18(23)17(22)8-14;/h4,7-9,11,13H,5-6,10H2,1-3H3,(H,25,30);1H2/t13-;/m0./s1. The Kier molecular flexibility index (Phi) is 6.86. The third-order valence-electron chi connectivity index (χ3n) is 5.37. The molecule has 164 valence electrons. The van der Waals surface area contributed by atoms with Crippen LogP contribution in [0.25, 0.3) is 0 Å². The number of aromatic nitrogens is 4. The van der Waals surface area contributed by atoms with Gasteiger partial charge >= 0.3 is 0 Å². The van der Waals surface area contributed by atoms with E-state index in [0.29, 0.717) is 19.4 Å². The van der Waals surface area contributed by atoms with Crippen LogP contribution in [-0.4, -0.2) is 39.0 Å². The van der Waals surface area contributed by atoms with Gasteiger partial charge in [0.25, 0.3) is 0 Å². The molecule has 2 aromatic heterocycles. The first-order valence-corrected chi connectivity index (χ1v) is 10.1. The van der Waals surface area contributed by atoms with Crippen molar-refractivity contribution in [2.45, 2.75) is 39.3 Å². The quantitative estimate of drug-likeness (QED) is 0.628. The van der Waals surface area contributed by atoms with Gasteiger partial charge in [0, 0.05) is 18.9 Å². The van der Waals surface area contributed by atoms with E-state index in [1.165, 1.54) is 6.07 Å². The fraction of sp³-hybridized carbons (Fsp3) is 0.333. The molecule has 31 heavy (non-hydrogen) atoms. The summed E-state index contributed by atoms with van der Waals surface area (Å²) >= 11 is 5.84. The molecule has 4 rings (SSSR count). The smallest absolute Gasteiger partial charge is 0.246 e. The van der Waals surface area contributed by atoms with Gasteiger partial charge in [-0.2, -0.15) is 13.5 Å². The number of nitrogens with zero attached hydrogens (tertiary/aromatic N) is 5. The zero-order valence-corrected chi connectivity index (χ0v) is 19.2. The van der Waals surface area contributed by atoms with Crippen molar-refractivity contribution in [1.29, 1.82) is 0 Å². The molecule has 10 heteroatoms. The number of fused-ring (bicyclic) bond motifs is 1. The average molecular weight is 463 g/mol. The molecule has 1 aromatic carbocycles. The predicted molar refractivity (Wildman–Crippen MR) is 124 cm³/mol. The van der Waals surface area contributed by atoms with Gasteiger partial charge in [0.1, 0.15) is 11.9 Å². The van der Waals surface area contributed by atoms with Crippen LogP contribution in [0.5, 0.6) is 0 Å². The normalized spacial score (nSPS) is 15.3. The fourth-order valence-electron chi connectivity index (χ4n) is 3.50. The minimum atomic E-state index is -0.438. The first kappa shape index (κ1) is 23.0. The largest absolute Gasteiger partial charge is 0.361 e. The Morgan fingerprint density at radius 2 is 1.97 bits per heavy atom. The van der Waals surface area contributed by atoms with Gasteiger partial charge in [-0.05, 0) is 50.5 Å². The molecule has 0 unspecified atom stereocenters. The number of carbonyl (C=O) groups excluding carboxylic acids is 1. The lowest BCUT2D eigenvalue weighted by Gasteiger charge is -2.34. The number of benzene rings is 1. The van der Waals surface area contributed by atoms with E-state index < -0.39 is 5.82 Å². The monoisotopic (exact) mass is 462 g/mol. The zero-order valence-electron chi connectivity index (χ0n) is 17.5. The van der Waals surface area contributed by atoms with Gasteiger partial charge in [-0.15, -0.1) is 5.10 Å². The number of carbonyl (C=O) groups is 1. The Hall–Kier alpha value is -2.65. The van der Waals surface area contributed by atoms with Gasteiger partial charge in [-0.25, -0.2) is 9.07 Å².